The smallest absolute Gasteiger partial charge is 0.326 e. The predicted molar refractivity (Wildman–Crippen MR) is 534 cm³/mol. The van der Waals surface area contributed by atoms with Gasteiger partial charge >= 0.3 is 5.97 Å². The predicted octanol–water partition coefficient (Wildman–Crippen LogP) is -6.46. The summed E-state index contributed by atoms with van der Waals surface area (Å²) < 4.78 is 0. The number of aromatic amines is 1. The molecule has 2 rings (SSSR count). The molecule has 44 N–H and O–H groups in total. The number of amides is 14. The molecule has 0 saturated carbocycles. The molecule has 782 valence electrons. The van der Waals surface area contributed by atoms with Crippen molar-refractivity contribution in [2.75, 3.05) is 57.3 Å². The van der Waals surface area contributed by atoms with Gasteiger partial charge in [0.2, 0.25) is 82.7 Å². The number of rotatable bonds is 68. The average molecular weight is 2000 g/mol. The van der Waals surface area contributed by atoms with E-state index in [1.165, 1.54) is 0 Å². The number of thiol groups is 2. The summed E-state index contributed by atoms with van der Waals surface area (Å²) in [4.78, 5) is 219. The number of hydrogen-bond acceptors (Lipinski definition) is 25. The van der Waals surface area contributed by atoms with Crippen LogP contribution in [0.3, 0.4) is 0 Å². The summed E-state index contributed by atoms with van der Waals surface area (Å²) in [6.45, 7) is 17.2. The van der Waals surface area contributed by atoms with Crippen LogP contribution < -0.4 is 152 Å². The molecule has 53 heteroatoms. The van der Waals surface area contributed by atoms with Gasteiger partial charge in [-0.2, -0.15) is 25.3 Å². The maximum absolute atomic E-state index is 15.3. The molecule has 0 aliphatic heterocycles. The molecule has 0 unspecified atom stereocenters. The number of carboxylic acid groups (broad SMARTS) is 1. The van der Waals surface area contributed by atoms with Crippen LogP contribution in [0.4, 0.5) is 0 Å². The standard InChI is InChI=1S/C86H155N35O16S2/c1-11-46(9)64(78(134)112-56(30-21-37-105-85(97)98)70(126)117-61(43(3)4)76(132)116-60(42-139)74(130)110-54(28-19-35-103-83(93)94)68(124)113-57(80(136)137)31-22-38-106-86(99)100)121-77(133)63(45(7)8)118-72(128)58(39-48-40-107-51-25-14-13-23-49(48)51)114-75(131)62(44(5)6)119-79(135)65(47(10)12-2)120-71(127)55(29-20-36-104-84(95)96)111-73(129)59(41-138)115-69(125)52(26-15-16-32-87)109-67(123)53(27-18-34-102-82(91)92)108-66(122)50(88)24-17-33-101-81(89)90/h13-14,23,25,40,43-47,50,52-65,107,138-139H,11-12,15-22,24,26-39,41-42,87-88H2,1-10H3,(H,108,122)(H,109,123)(H,110,130)(H,111,129)(H,112,134)(H,113,124)(H,114,131)(H,115,125)(H,116,132)(H,117,126)(H,118,128)(H,119,135)(H,120,127)(H,121,133)(H,136,137)(H4,89,90,101)(H4,91,92,102)(H4,93,94,103)(H4,95,96,104)(H4,97,98,105)(H4,99,100,106)/t46-,47-,50-,52-,53-,54-,55-,56-,57-,58-,59-,60-,61-,62-,63-,64-,65-/m0/s1. The molecule has 0 saturated heterocycles. The third kappa shape index (κ3) is 46.4. The Balaban J connectivity index is 2.64. The number of nitrogens with one attached hydrogen (secondary N) is 27. The number of carboxylic acids is 1. The Morgan fingerprint density at radius 1 is 0.331 bits per heavy atom. The summed E-state index contributed by atoms with van der Waals surface area (Å²) in [5.41, 5.74) is 46.0. The quantitative estimate of drug-likeness (QED) is 0.0127. The van der Waals surface area contributed by atoms with Gasteiger partial charge in [-0.05, 0) is 144 Å². The van der Waals surface area contributed by atoms with Gasteiger partial charge in [0.05, 0.1) is 6.04 Å². The third-order valence-electron chi connectivity index (χ3n) is 22.7. The molecule has 1 aromatic heterocycles. The number of para-hydroxylation sites is 1. The number of hydrogen-bond donors (Lipinski definition) is 38. The van der Waals surface area contributed by atoms with E-state index in [2.05, 4.69) is 137 Å². The third-order valence-corrected chi connectivity index (χ3v) is 23.4. The van der Waals surface area contributed by atoms with Crippen molar-refractivity contribution < 1.29 is 77.0 Å². The van der Waals surface area contributed by atoms with Crippen LogP contribution in [0.1, 0.15) is 184 Å². The number of fused-ring (bicyclic) bond motifs is 1. The van der Waals surface area contributed by atoms with E-state index in [1.807, 2.05) is 0 Å². The summed E-state index contributed by atoms with van der Waals surface area (Å²) in [7, 11) is 0. The van der Waals surface area contributed by atoms with E-state index in [0.717, 1.165) is 0 Å². The van der Waals surface area contributed by atoms with E-state index < -0.39 is 221 Å². The average Bonchev–Trinajstić information content (AvgIpc) is 1.70. The summed E-state index contributed by atoms with van der Waals surface area (Å²) in [6.07, 6.45) is 3.17. The van der Waals surface area contributed by atoms with Crippen molar-refractivity contribution in [3.8, 4) is 0 Å². The largest absolute Gasteiger partial charge is 0.480 e. The zero-order chi connectivity index (χ0) is 105. The highest BCUT2D eigenvalue weighted by molar-refractivity contribution is 7.80. The Labute approximate surface area is 821 Å². The van der Waals surface area contributed by atoms with Gasteiger partial charge in [0, 0.05) is 74.3 Å². The zero-order valence-electron chi connectivity index (χ0n) is 81.1. The van der Waals surface area contributed by atoms with Crippen LogP contribution in [0, 0.1) is 62.0 Å². The zero-order valence-corrected chi connectivity index (χ0v) is 82.9. The number of carbonyl (C=O) groups excluding carboxylic acids is 14. The van der Waals surface area contributed by atoms with E-state index in [4.69, 9.17) is 78.3 Å². The molecule has 0 radical (unpaired) electrons. The fraction of sp³-hybridized carbons (Fsp3) is 0.663. The van der Waals surface area contributed by atoms with Gasteiger partial charge in [-0.3, -0.25) is 99.6 Å². The molecule has 1 heterocycles. The Kier molecular flexibility index (Phi) is 57.1. The topological polar surface area (TPSA) is 884 Å². The lowest BCUT2D eigenvalue weighted by molar-refractivity contribution is -0.142. The minimum atomic E-state index is -1.53. The van der Waals surface area contributed by atoms with Crippen LogP contribution in [-0.4, -0.2) is 282 Å². The number of guanidine groups is 6. The number of H-pyrrole nitrogens is 1. The van der Waals surface area contributed by atoms with Crippen molar-refractivity contribution in [1.29, 1.82) is 32.5 Å². The number of nitrogens with two attached hydrogens (primary N) is 8. The summed E-state index contributed by atoms with van der Waals surface area (Å²) in [5.74, 6) is -20.2. The van der Waals surface area contributed by atoms with Crippen LogP contribution in [-0.2, 0) is 78.3 Å². The maximum Gasteiger partial charge on any atom is 0.326 e. The molecule has 0 fully saturated rings. The number of aliphatic carboxylic acids is 1. The molecule has 0 aliphatic carbocycles. The minimum absolute atomic E-state index is 0.00805. The Morgan fingerprint density at radius 3 is 0.928 bits per heavy atom. The van der Waals surface area contributed by atoms with Crippen LogP contribution in [0.2, 0.25) is 0 Å². The van der Waals surface area contributed by atoms with Gasteiger partial charge in [0.1, 0.15) is 84.6 Å². The molecule has 0 aliphatic rings. The normalized spacial score (nSPS) is 14.8. The molecular weight excluding hydrogens is 1840 g/mol. The molecule has 51 nitrogen and oxygen atoms in total. The monoisotopic (exact) mass is 2000 g/mol. The van der Waals surface area contributed by atoms with Crippen LogP contribution in [0.5, 0.6) is 0 Å². The molecule has 0 spiro atoms. The SMILES string of the molecule is CC[C@H](C)[C@H](NC(=O)[C@H](CCCNC(=N)N)NC(=O)[C@H](CS)NC(=O)[C@H](CCCCN)NC(=O)[C@H](CCCNC(=N)N)NC(=O)[C@@H](N)CCCNC(=N)N)C(=O)N[C@H](C(=O)N[C@@H](Cc1c[nH]c2ccccc12)C(=O)N[C@H](C(=O)N[C@H](C(=O)N[C@@H](CCCNC(=N)N)C(=O)N[C@H](C(=O)N[C@@H](CS)C(=O)N[C@@H](CCCNC(=N)N)C(=O)N[C@@H](CCCNC(=N)N)C(=O)O)C(C)C)[C@@H](C)CC)C(C)C)C(C)C. The number of unbranched alkanes of at least 4 members (excludes halogenated alkanes) is 1. The second-order valence-electron chi connectivity index (χ2n) is 35.0. The summed E-state index contributed by atoms with van der Waals surface area (Å²) in [5, 5.41) is 109. The fourth-order valence-corrected chi connectivity index (χ4v) is 14.7. The highest BCUT2D eigenvalue weighted by Gasteiger charge is 2.41. The second-order valence-corrected chi connectivity index (χ2v) is 35.8. The maximum atomic E-state index is 15.3. The molecule has 0 bridgehead atoms. The summed E-state index contributed by atoms with van der Waals surface area (Å²) >= 11 is 8.70. The molecule has 17 atom stereocenters. The van der Waals surface area contributed by atoms with Crippen molar-refractivity contribution in [2.24, 2.45) is 75.5 Å². The van der Waals surface area contributed by atoms with Crippen LogP contribution in [0.25, 0.3) is 10.9 Å². The first-order chi connectivity index (χ1) is 65.6. The van der Waals surface area contributed by atoms with Gasteiger partial charge in [-0.15, -0.1) is 0 Å². The van der Waals surface area contributed by atoms with E-state index in [1.54, 1.807) is 99.7 Å². The van der Waals surface area contributed by atoms with Crippen molar-refractivity contribution in [1.82, 2.24) is 111 Å². The lowest BCUT2D eigenvalue weighted by Crippen LogP contribution is -2.63. The molecule has 1 aromatic carbocycles. The van der Waals surface area contributed by atoms with Crippen molar-refractivity contribution >= 4 is 161 Å². The molecular formula is C86H155N35O16S2. The van der Waals surface area contributed by atoms with E-state index >= 15 is 19.2 Å². The lowest BCUT2D eigenvalue weighted by atomic mass is 9.95. The van der Waals surface area contributed by atoms with Crippen molar-refractivity contribution in [2.45, 2.75) is 275 Å². The molecule has 14 amide bonds. The van der Waals surface area contributed by atoms with Crippen molar-refractivity contribution in [3.63, 3.8) is 0 Å². The van der Waals surface area contributed by atoms with Gasteiger partial charge in [0.15, 0.2) is 35.8 Å². The van der Waals surface area contributed by atoms with Gasteiger partial charge < -0.3 is 162 Å². The second kappa shape index (κ2) is 65.0. The van der Waals surface area contributed by atoms with E-state index in [-0.39, 0.29) is 177 Å². The molecule has 139 heavy (non-hydrogen) atoms. The van der Waals surface area contributed by atoms with Gasteiger partial charge in [-0.25, -0.2) is 4.79 Å². The van der Waals surface area contributed by atoms with E-state index in [9.17, 15) is 57.8 Å². The Hall–Kier alpha value is -12.9. The van der Waals surface area contributed by atoms with Crippen LogP contribution >= 0.6 is 25.3 Å². The highest BCUT2D eigenvalue weighted by atomic mass is 32.1. The minimum Gasteiger partial charge on any atom is -0.480 e. The lowest BCUT2D eigenvalue weighted by Gasteiger charge is -2.32. The fourth-order valence-electron chi connectivity index (χ4n) is 14.2. The highest BCUT2D eigenvalue weighted by Crippen LogP contribution is 2.22. The first kappa shape index (κ1) is 122. The number of benzene rings is 1. The first-order valence-corrected chi connectivity index (χ1v) is 48.0. The van der Waals surface area contributed by atoms with E-state index in [0.29, 0.717) is 35.7 Å². The number of carbonyl (C=O) groups is 15. The summed E-state index contributed by atoms with van der Waals surface area (Å²) in [6, 6.07) is -14.2. The number of aromatic nitrogens is 1. The van der Waals surface area contributed by atoms with Crippen LogP contribution in [0.15, 0.2) is 30.5 Å². The molecule has 2 aromatic rings. The first-order valence-electron chi connectivity index (χ1n) is 46.7. The Bertz CT molecular complexity index is 4410. The van der Waals surface area contributed by atoms with Gasteiger partial charge in [-0.1, -0.05) is 100 Å². The Morgan fingerprint density at radius 2 is 0.583 bits per heavy atom. The van der Waals surface area contributed by atoms with Gasteiger partial charge in [0.25, 0.3) is 0 Å². The van der Waals surface area contributed by atoms with Crippen molar-refractivity contribution in [3.05, 3.63) is 36.0 Å².